The molecule has 33 heavy (non-hydrogen) atoms. The molecule has 1 N–H and O–H groups in total. The number of amides is 1. The first-order valence-electron chi connectivity index (χ1n) is 10.2. The minimum Gasteiger partial charge on any atom is -0.493 e. The molecule has 0 spiro atoms. The number of carbonyl (C=O) groups excluding carboxylic acids is 1. The fraction of sp³-hybridized carbons (Fsp3) is 0.208. The molecule has 3 aromatic carbocycles. The van der Waals surface area contributed by atoms with Gasteiger partial charge < -0.3 is 14.8 Å². The third-order valence-corrected chi connectivity index (χ3v) is 7.49. The zero-order chi connectivity index (χ0) is 23.8. The summed E-state index contributed by atoms with van der Waals surface area (Å²) in [7, 11) is -1.09. The SMILES string of the molecule is COc1ccc(S(=O)(=O)N(CCc2ccccc2)CC(=O)Nc2ccccc2Br)cc1OC. The number of anilines is 1. The molecule has 9 heteroatoms. The highest BCUT2D eigenvalue weighted by molar-refractivity contribution is 9.10. The topological polar surface area (TPSA) is 84.9 Å². The molecule has 3 aromatic rings. The molecular weight excluding hydrogens is 508 g/mol. The lowest BCUT2D eigenvalue weighted by Gasteiger charge is -2.22. The highest BCUT2D eigenvalue weighted by atomic mass is 79.9. The first kappa shape index (κ1) is 24.8. The number of benzene rings is 3. The van der Waals surface area contributed by atoms with Gasteiger partial charge in [0, 0.05) is 17.1 Å². The Bertz CT molecular complexity index is 1200. The summed E-state index contributed by atoms with van der Waals surface area (Å²) in [5.74, 6) is 0.261. The van der Waals surface area contributed by atoms with Gasteiger partial charge in [0.05, 0.1) is 31.3 Å². The van der Waals surface area contributed by atoms with E-state index in [2.05, 4.69) is 21.2 Å². The zero-order valence-corrected chi connectivity index (χ0v) is 20.7. The maximum absolute atomic E-state index is 13.5. The Morgan fingerprint density at radius 2 is 1.61 bits per heavy atom. The molecule has 0 bridgehead atoms. The molecule has 0 heterocycles. The monoisotopic (exact) mass is 532 g/mol. The van der Waals surface area contributed by atoms with E-state index in [9.17, 15) is 13.2 Å². The number of carbonyl (C=O) groups is 1. The lowest BCUT2D eigenvalue weighted by atomic mass is 10.1. The van der Waals surface area contributed by atoms with Crippen LogP contribution in [0.4, 0.5) is 5.69 Å². The van der Waals surface area contributed by atoms with Crippen LogP contribution in [0.2, 0.25) is 0 Å². The average Bonchev–Trinajstić information content (AvgIpc) is 2.83. The van der Waals surface area contributed by atoms with E-state index >= 15 is 0 Å². The van der Waals surface area contributed by atoms with Gasteiger partial charge in [-0.1, -0.05) is 42.5 Å². The van der Waals surface area contributed by atoms with Crippen LogP contribution in [-0.2, 0) is 21.2 Å². The molecule has 0 fully saturated rings. The minimum absolute atomic E-state index is 0.0157. The number of ether oxygens (including phenoxy) is 2. The van der Waals surface area contributed by atoms with Crippen LogP contribution in [0.5, 0.6) is 11.5 Å². The first-order valence-corrected chi connectivity index (χ1v) is 12.4. The molecule has 3 rings (SSSR count). The van der Waals surface area contributed by atoms with Gasteiger partial charge in [0.2, 0.25) is 15.9 Å². The summed E-state index contributed by atoms with van der Waals surface area (Å²) < 4.78 is 39.4. The molecule has 0 aliphatic carbocycles. The first-order chi connectivity index (χ1) is 15.8. The molecule has 7 nitrogen and oxygen atoms in total. The van der Waals surface area contributed by atoms with Crippen molar-refractivity contribution in [2.75, 3.05) is 32.6 Å². The number of para-hydroxylation sites is 1. The van der Waals surface area contributed by atoms with E-state index in [0.29, 0.717) is 28.1 Å². The lowest BCUT2D eigenvalue weighted by molar-refractivity contribution is -0.116. The second-order valence-corrected chi connectivity index (χ2v) is 9.91. The number of hydrogen-bond donors (Lipinski definition) is 1. The van der Waals surface area contributed by atoms with Gasteiger partial charge in [-0.2, -0.15) is 4.31 Å². The van der Waals surface area contributed by atoms with Crippen molar-refractivity contribution in [2.24, 2.45) is 0 Å². The number of hydrogen-bond acceptors (Lipinski definition) is 5. The highest BCUT2D eigenvalue weighted by Gasteiger charge is 2.28. The summed E-state index contributed by atoms with van der Waals surface area (Å²) in [6.07, 6.45) is 0.454. The Morgan fingerprint density at radius 3 is 2.27 bits per heavy atom. The van der Waals surface area contributed by atoms with Crippen molar-refractivity contribution < 1.29 is 22.7 Å². The standard InChI is InChI=1S/C24H25BrN2O5S/c1-31-22-13-12-19(16-23(22)32-2)33(29,30)27(15-14-18-8-4-3-5-9-18)17-24(28)26-21-11-7-6-10-20(21)25/h3-13,16H,14-15,17H2,1-2H3,(H,26,28). The van der Waals surface area contributed by atoms with Crippen LogP contribution < -0.4 is 14.8 Å². The summed E-state index contributed by atoms with van der Waals surface area (Å²) in [5, 5.41) is 2.77. The van der Waals surface area contributed by atoms with Crippen molar-refractivity contribution in [3.8, 4) is 11.5 Å². The smallest absolute Gasteiger partial charge is 0.243 e. The van der Waals surface area contributed by atoms with Gasteiger partial charge in [-0.3, -0.25) is 4.79 Å². The van der Waals surface area contributed by atoms with Gasteiger partial charge >= 0.3 is 0 Å². The van der Waals surface area contributed by atoms with Crippen LogP contribution in [0, 0.1) is 0 Å². The molecule has 0 unspecified atom stereocenters. The Labute approximate surface area is 202 Å². The summed E-state index contributed by atoms with van der Waals surface area (Å²) in [6, 6.07) is 21.0. The lowest BCUT2D eigenvalue weighted by Crippen LogP contribution is -2.39. The van der Waals surface area contributed by atoms with E-state index in [1.54, 1.807) is 18.2 Å². The third-order valence-electron chi connectivity index (χ3n) is 4.95. The van der Waals surface area contributed by atoms with Crippen molar-refractivity contribution in [3.63, 3.8) is 0 Å². The fourth-order valence-corrected chi connectivity index (χ4v) is 5.02. The summed E-state index contributed by atoms with van der Waals surface area (Å²) in [5.41, 5.74) is 1.53. The van der Waals surface area contributed by atoms with Gasteiger partial charge in [-0.15, -0.1) is 0 Å². The summed E-state index contributed by atoms with van der Waals surface area (Å²) >= 11 is 3.39. The Morgan fingerprint density at radius 1 is 0.939 bits per heavy atom. The molecule has 0 aromatic heterocycles. The largest absolute Gasteiger partial charge is 0.493 e. The molecule has 0 aliphatic rings. The molecule has 1 amide bonds. The van der Waals surface area contributed by atoms with E-state index in [4.69, 9.17) is 9.47 Å². The van der Waals surface area contributed by atoms with Crippen LogP contribution >= 0.6 is 15.9 Å². The molecule has 0 aliphatic heterocycles. The van der Waals surface area contributed by atoms with Gasteiger partial charge in [0.1, 0.15) is 0 Å². The molecule has 0 radical (unpaired) electrons. The maximum Gasteiger partial charge on any atom is 0.243 e. The van der Waals surface area contributed by atoms with Crippen molar-refractivity contribution in [1.82, 2.24) is 4.31 Å². The van der Waals surface area contributed by atoms with Crippen LogP contribution in [0.15, 0.2) is 82.2 Å². The van der Waals surface area contributed by atoms with Crippen molar-refractivity contribution in [3.05, 3.63) is 82.8 Å². The quantitative estimate of drug-likeness (QED) is 0.419. The number of halogens is 1. The van der Waals surface area contributed by atoms with Crippen molar-refractivity contribution in [2.45, 2.75) is 11.3 Å². The van der Waals surface area contributed by atoms with Crippen LogP contribution in [0.25, 0.3) is 0 Å². The predicted octanol–water partition coefficient (Wildman–Crippen LogP) is 4.34. The second-order valence-electron chi connectivity index (χ2n) is 7.12. The van der Waals surface area contributed by atoms with Crippen LogP contribution in [0.1, 0.15) is 5.56 Å². The molecule has 0 saturated heterocycles. The Kier molecular flexibility index (Phi) is 8.49. The minimum atomic E-state index is -4.00. The number of methoxy groups -OCH3 is 2. The Hall–Kier alpha value is -2.88. The highest BCUT2D eigenvalue weighted by Crippen LogP contribution is 2.31. The Balaban J connectivity index is 1.88. The third kappa shape index (κ3) is 6.34. The normalized spacial score (nSPS) is 11.3. The molecular formula is C24H25BrN2O5S. The fourth-order valence-electron chi connectivity index (χ4n) is 3.22. The van der Waals surface area contributed by atoms with Gasteiger partial charge in [0.15, 0.2) is 11.5 Å². The zero-order valence-electron chi connectivity index (χ0n) is 18.3. The van der Waals surface area contributed by atoms with Crippen LogP contribution in [0.3, 0.4) is 0 Å². The summed E-state index contributed by atoms with van der Waals surface area (Å²) in [4.78, 5) is 12.8. The maximum atomic E-state index is 13.5. The average molecular weight is 533 g/mol. The van der Waals surface area contributed by atoms with Gasteiger partial charge in [-0.05, 0) is 52.2 Å². The van der Waals surface area contributed by atoms with Crippen molar-refractivity contribution in [1.29, 1.82) is 0 Å². The van der Waals surface area contributed by atoms with Crippen molar-refractivity contribution >= 4 is 37.5 Å². The second kappa shape index (κ2) is 11.3. The van der Waals surface area contributed by atoms with E-state index in [1.807, 2.05) is 36.4 Å². The predicted molar refractivity (Wildman–Crippen MR) is 131 cm³/mol. The number of nitrogens with zero attached hydrogens (tertiary/aromatic N) is 1. The van der Waals surface area contributed by atoms with E-state index < -0.39 is 15.9 Å². The molecule has 0 saturated carbocycles. The number of rotatable bonds is 10. The van der Waals surface area contributed by atoms with Crippen LogP contribution in [-0.4, -0.2) is 45.9 Å². The van der Waals surface area contributed by atoms with E-state index in [1.165, 1.54) is 36.7 Å². The van der Waals surface area contributed by atoms with E-state index in [-0.39, 0.29) is 18.0 Å². The van der Waals surface area contributed by atoms with Gasteiger partial charge in [-0.25, -0.2) is 8.42 Å². The number of nitrogens with one attached hydrogen (secondary N) is 1. The number of sulfonamides is 1. The summed E-state index contributed by atoms with van der Waals surface area (Å²) in [6.45, 7) is -0.213. The molecule has 174 valence electrons. The van der Waals surface area contributed by atoms with E-state index in [0.717, 1.165) is 5.56 Å². The van der Waals surface area contributed by atoms with Gasteiger partial charge in [0.25, 0.3) is 0 Å². The molecule has 0 atom stereocenters.